The lowest BCUT2D eigenvalue weighted by atomic mass is 10.1. The van der Waals surface area contributed by atoms with Gasteiger partial charge in [0.05, 0.1) is 13.1 Å². The zero-order chi connectivity index (χ0) is 19.2. The third-order valence-electron chi connectivity index (χ3n) is 4.48. The van der Waals surface area contributed by atoms with E-state index in [1.165, 1.54) is 11.1 Å². The second kappa shape index (κ2) is 8.34. The average Bonchev–Trinajstić information content (AvgIpc) is 3.39. The minimum atomic E-state index is 0.528. The van der Waals surface area contributed by atoms with E-state index in [0.29, 0.717) is 19.0 Å². The van der Waals surface area contributed by atoms with Crippen LogP contribution in [0, 0.1) is 0 Å². The van der Waals surface area contributed by atoms with Crippen molar-refractivity contribution >= 4 is 11.6 Å². The molecular formula is C20H22N8. The highest BCUT2D eigenvalue weighted by molar-refractivity contribution is 5.79. The molecule has 142 valence electrons. The summed E-state index contributed by atoms with van der Waals surface area (Å²) in [6, 6.07) is 16.1. The minimum Gasteiger partial charge on any atom is -0.352 e. The third-order valence-corrected chi connectivity index (χ3v) is 4.48. The Labute approximate surface area is 162 Å². The fourth-order valence-electron chi connectivity index (χ4n) is 3.03. The van der Waals surface area contributed by atoms with Gasteiger partial charge in [0.1, 0.15) is 0 Å². The first-order valence-corrected chi connectivity index (χ1v) is 9.11. The predicted octanol–water partition coefficient (Wildman–Crippen LogP) is 1.84. The van der Waals surface area contributed by atoms with Crippen molar-refractivity contribution in [2.24, 2.45) is 4.99 Å². The molecule has 0 radical (unpaired) electrons. The van der Waals surface area contributed by atoms with Gasteiger partial charge in [0.25, 0.3) is 0 Å². The molecule has 0 saturated heterocycles. The molecule has 0 saturated carbocycles. The molecule has 3 heterocycles. The fourth-order valence-corrected chi connectivity index (χ4v) is 3.03. The molecule has 1 aromatic carbocycles. The molecule has 8 heteroatoms. The second-order valence-corrected chi connectivity index (χ2v) is 6.30. The Hall–Kier alpha value is -3.68. The van der Waals surface area contributed by atoms with Gasteiger partial charge in [-0.05, 0) is 29.3 Å². The topological polar surface area (TPSA) is 84.4 Å². The van der Waals surface area contributed by atoms with Crippen LogP contribution in [-0.2, 0) is 19.6 Å². The molecule has 28 heavy (non-hydrogen) atoms. The number of aliphatic imine (C=N–C) groups is 1. The van der Waals surface area contributed by atoms with Gasteiger partial charge < -0.3 is 10.6 Å². The smallest absolute Gasteiger partial charge is 0.191 e. The lowest BCUT2D eigenvalue weighted by Gasteiger charge is -2.14. The van der Waals surface area contributed by atoms with E-state index in [1.54, 1.807) is 13.2 Å². The van der Waals surface area contributed by atoms with Crippen LogP contribution in [0.5, 0.6) is 0 Å². The number of hydrogen-bond donors (Lipinski definition) is 2. The number of fused-ring (bicyclic) bond motifs is 1. The number of hydrogen-bond acceptors (Lipinski definition) is 4. The van der Waals surface area contributed by atoms with E-state index in [1.807, 2.05) is 57.9 Å². The van der Waals surface area contributed by atoms with E-state index >= 15 is 0 Å². The van der Waals surface area contributed by atoms with E-state index in [9.17, 15) is 0 Å². The Balaban J connectivity index is 1.38. The van der Waals surface area contributed by atoms with Gasteiger partial charge in [-0.2, -0.15) is 5.10 Å². The number of nitrogens with zero attached hydrogens (tertiary/aromatic N) is 6. The highest BCUT2D eigenvalue weighted by Gasteiger charge is 2.07. The van der Waals surface area contributed by atoms with Crippen molar-refractivity contribution in [1.29, 1.82) is 0 Å². The highest BCUT2D eigenvalue weighted by atomic mass is 15.3. The largest absolute Gasteiger partial charge is 0.352 e. The van der Waals surface area contributed by atoms with Crippen LogP contribution < -0.4 is 10.6 Å². The number of pyridine rings is 1. The molecule has 0 spiro atoms. The van der Waals surface area contributed by atoms with Gasteiger partial charge in [-0.25, -0.2) is 0 Å². The molecule has 4 rings (SSSR count). The van der Waals surface area contributed by atoms with Gasteiger partial charge in [-0.1, -0.05) is 30.3 Å². The van der Waals surface area contributed by atoms with Crippen LogP contribution in [0.1, 0.15) is 17.0 Å². The number of benzene rings is 1. The molecule has 0 atom stereocenters. The van der Waals surface area contributed by atoms with Gasteiger partial charge in [-0.15, -0.1) is 10.2 Å². The molecule has 0 fully saturated rings. The first-order valence-electron chi connectivity index (χ1n) is 9.11. The Bertz CT molecular complexity index is 1060. The Morgan fingerprint density at radius 3 is 2.57 bits per heavy atom. The van der Waals surface area contributed by atoms with Crippen LogP contribution in [0.2, 0.25) is 0 Å². The number of guanidine groups is 1. The van der Waals surface area contributed by atoms with Crippen molar-refractivity contribution in [3.05, 3.63) is 84.1 Å². The van der Waals surface area contributed by atoms with Crippen molar-refractivity contribution in [2.45, 2.75) is 19.6 Å². The molecule has 0 unspecified atom stereocenters. The fraction of sp³-hybridized carbons (Fsp3) is 0.200. The van der Waals surface area contributed by atoms with Crippen molar-refractivity contribution < 1.29 is 0 Å². The summed E-state index contributed by atoms with van der Waals surface area (Å²) >= 11 is 0. The number of nitrogens with one attached hydrogen (secondary N) is 2. The van der Waals surface area contributed by atoms with Crippen molar-refractivity contribution in [3.63, 3.8) is 0 Å². The van der Waals surface area contributed by atoms with E-state index < -0.39 is 0 Å². The zero-order valence-electron chi connectivity index (χ0n) is 15.7. The summed E-state index contributed by atoms with van der Waals surface area (Å²) in [7, 11) is 1.76. The predicted molar refractivity (Wildman–Crippen MR) is 108 cm³/mol. The average molecular weight is 374 g/mol. The van der Waals surface area contributed by atoms with Crippen LogP contribution in [0.4, 0.5) is 0 Å². The standard InChI is InChI=1S/C20H22N8/c1-21-20(23-14-19-26-25-18-9-4-5-12-28(18)19)22-13-16-7-2-3-8-17(16)15-27-11-6-10-24-27/h2-12H,13-15H2,1H3,(H2,21,22,23). The zero-order valence-corrected chi connectivity index (χ0v) is 15.7. The lowest BCUT2D eigenvalue weighted by molar-refractivity contribution is 0.677. The molecule has 0 aliphatic rings. The molecule has 2 N–H and O–H groups in total. The van der Waals surface area contributed by atoms with Crippen molar-refractivity contribution in [2.75, 3.05) is 7.05 Å². The van der Waals surface area contributed by atoms with Crippen molar-refractivity contribution in [1.82, 2.24) is 35.0 Å². The molecule has 3 aromatic heterocycles. The van der Waals surface area contributed by atoms with Gasteiger partial charge in [0.2, 0.25) is 0 Å². The number of rotatable bonds is 6. The molecule has 0 aliphatic heterocycles. The lowest BCUT2D eigenvalue weighted by Crippen LogP contribution is -2.37. The quantitative estimate of drug-likeness (QED) is 0.397. The summed E-state index contributed by atoms with van der Waals surface area (Å²) in [6.07, 6.45) is 5.71. The summed E-state index contributed by atoms with van der Waals surface area (Å²) in [6.45, 7) is 1.93. The maximum absolute atomic E-state index is 4.31. The Kier molecular flexibility index (Phi) is 5.28. The molecule has 0 amide bonds. The summed E-state index contributed by atoms with van der Waals surface area (Å²) in [5, 5.41) is 19.4. The first kappa shape index (κ1) is 17.7. The first-order chi connectivity index (χ1) is 13.8. The molecule has 8 nitrogen and oxygen atoms in total. The molecular weight excluding hydrogens is 352 g/mol. The van der Waals surface area contributed by atoms with Gasteiger partial charge in [0, 0.05) is 32.2 Å². The van der Waals surface area contributed by atoms with Crippen LogP contribution in [-0.4, -0.2) is 37.4 Å². The van der Waals surface area contributed by atoms with E-state index in [2.05, 4.69) is 43.1 Å². The van der Waals surface area contributed by atoms with Crippen LogP contribution in [0.3, 0.4) is 0 Å². The maximum Gasteiger partial charge on any atom is 0.191 e. The van der Waals surface area contributed by atoms with Crippen LogP contribution in [0.15, 0.2) is 72.1 Å². The summed E-state index contributed by atoms with van der Waals surface area (Å²) in [5.41, 5.74) is 3.25. The highest BCUT2D eigenvalue weighted by Crippen LogP contribution is 2.10. The third kappa shape index (κ3) is 4.01. The SMILES string of the molecule is CN=C(NCc1ccccc1Cn1cccn1)NCc1nnc2ccccn12. The van der Waals surface area contributed by atoms with Gasteiger partial charge in [-0.3, -0.25) is 14.1 Å². The maximum atomic E-state index is 4.31. The Morgan fingerprint density at radius 2 is 1.75 bits per heavy atom. The van der Waals surface area contributed by atoms with Crippen molar-refractivity contribution in [3.8, 4) is 0 Å². The van der Waals surface area contributed by atoms with Gasteiger partial charge >= 0.3 is 0 Å². The summed E-state index contributed by atoms with van der Waals surface area (Å²) in [5.74, 6) is 1.54. The molecule has 0 aliphatic carbocycles. The minimum absolute atomic E-state index is 0.528. The van der Waals surface area contributed by atoms with E-state index in [0.717, 1.165) is 18.0 Å². The van der Waals surface area contributed by atoms with Gasteiger partial charge in [0.15, 0.2) is 17.4 Å². The normalized spacial score (nSPS) is 11.7. The van der Waals surface area contributed by atoms with E-state index in [-0.39, 0.29) is 0 Å². The van der Waals surface area contributed by atoms with Crippen LogP contribution >= 0.6 is 0 Å². The second-order valence-electron chi connectivity index (χ2n) is 6.30. The summed E-state index contributed by atoms with van der Waals surface area (Å²) in [4.78, 5) is 4.31. The molecule has 4 aromatic rings. The van der Waals surface area contributed by atoms with Crippen LogP contribution in [0.25, 0.3) is 5.65 Å². The number of aromatic nitrogens is 5. The summed E-state index contributed by atoms with van der Waals surface area (Å²) < 4.78 is 3.88. The monoisotopic (exact) mass is 374 g/mol. The Morgan fingerprint density at radius 1 is 0.929 bits per heavy atom. The molecule has 0 bridgehead atoms. The van der Waals surface area contributed by atoms with E-state index in [4.69, 9.17) is 0 Å².